The third kappa shape index (κ3) is 5.23. The van der Waals surface area contributed by atoms with Gasteiger partial charge in [0.1, 0.15) is 5.82 Å². The molecular weight excluding hydrogens is 296 g/mol. The molecule has 0 amide bonds. The first-order valence-electron chi connectivity index (χ1n) is 7.24. The van der Waals surface area contributed by atoms with Gasteiger partial charge in [-0.25, -0.2) is 9.78 Å². The Hall–Kier alpha value is -2.67. The van der Waals surface area contributed by atoms with Gasteiger partial charge in [0, 0.05) is 32.1 Å². The second-order valence-electron chi connectivity index (χ2n) is 4.74. The zero-order valence-corrected chi connectivity index (χ0v) is 13.2. The molecule has 0 aliphatic carbocycles. The van der Waals surface area contributed by atoms with Crippen LogP contribution in [0.25, 0.3) is 0 Å². The lowest BCUT2D eigenvalue weighted by molar-refractivity contribution is 0.0601. The van der Waals surface area contributed by atoms with E-state index in [1.807, 2.05) is 6.07 Å². The van der Waals surface area contributed by atoms with E-state index in [0.717, 1.165) is 18.7 Å². The van der Waals surface area contributed by atoms with Crippen molar-refractivity contribution >= 4 is 23.4 Å². The van der Waals surface area contributed by atoms with Gasteiger partial charge in [-0.3, -0.25) is 0 Å². The lowest BCUT2D eigenvalue weighted by atomic mass is 10.2. The van der Waals surface area contributed by atoms with E-state index in [4.69, 9.17) is 9.47 Å². The fourth-order valence-electron chi connectivity index (χ4n) is 1.92. The topological polar surface area (TPSA) is 85.4 Å². The van der Waals surface area contributed by atoms with E-state index in [2.05, 4.69) is 20.6 Å². The van der Waals surface area contributed by atoms with Crippen LogP contribution >= 0.6 is 0 Å². The number of carbonyl (C=O) groups excluding carboxylic acids is 1. The maximum absolute atomic E-state index is 11.5. The minimum atomic E-state index is -0.378. The molecule has 7 heteroatoms. The van der Waals surface area contributed by atoms with E-state index in [1.54, 1.807) is 37.6 Å². The molecule has 1 aromatic heterocycles. The molecule has 0 bridgehead atoms. The van der Waals surface area contributed by atoms with E-state index >= 15 is 0 Å². The first-order chi connectivity index (χ1) is 11.2. The van der Waals surface area contributed by atoms with E-state index in [0.29, 0.717) is 23.9 Å². The van der Waals surface area contributed by atoms with Crippen molar-refractivity contribution in [1.82, 2.24) is 9.97 Å². The molecule has 1 heterocycles. The monoisotopic (exact) mass is 316 g/mol. The van der Waals surface area contributed by atoms with E-state index in [9.17, 15) is 4.79 Å². The van der Waals surface area contributed by atoms with Crippen LogP contribution in [0, 0.1) is 0 Å². The molecule has 0 unspecified atom stereocenters. The standard InChI is InChI=1S/C16H20N4O3/c1-22-10-4-8-17-16-18-9-7-14(20-16)19-13-6-3-5-12(11-13)15(21)23-2/h3,5-7,9,11H,4,8,10H2,1-2H3,(H2,17,18,19,20). The van der Waals surface area contributed by atoms with Gasteiger partial charge in [0.05, 0.1) is 12.7 Å². The molecule has 0 aliphatic rings. The lowest BCUT2D eigenvalue weighted by Crippen LogP contribution is -2.08. The number of nitrogens with one attached hydrogen (secondary N) is 2. The van der Waals surface area contributed by atoms with E-state index < -0.39 is 0 Å². The summed E-state index contributed by atoms with van der Waals surface area (Å²) in [5.41, 5.74) is 1.22. The number of esters is 1. The number of aromatic nitrogens is 2. The maximum atomic E-state index is 11.5. The number of anilines is 3. The number of nitrogens with zero attached hydrogens (tertiary/aromatic N) is 2. The first-order valence-corrected chi connectivity index (χ1v) is 7.24. The summed E-state index contributed by atoms with van der Waals surface area (Å²) < 4.78 is 9.70. The van der Waals surface area contributed by atoms with Crippen LogP contribution in [0.3, 0.4) is 0 Å². The van der Waals surface area contributed by atoms with Gasteiger partial charge in [-0.05, 0) is 30.7 Å². The molecule has 23 heavy (non-hydrogen) atoms. The quantitative estimate of drug-likeness (QED) is 0.571. The SMILES string of the molecule is COCCCNc1nccc(Nc2cccc(C(=O)OC)c2)n1. The summed E-state index contributed by atoms with van der Waals surface area (Å²) in [5.74, 6) is 0.795. The van der Waals surface area contributed by atoms with E-state index in [-0.39, 0.29) is 5.97 Å². The van der Waals surface area contributed by atoms with Crippen LogP contribution in [0.15, 0.2) is 36.5 Å². The van der Waals surface area contributed by atoms with Gasteiger partial charge in [-0.2, -0.15) is 4.98 Å². The van der Waals surface area contributed by atoms with Crippen LogP contribution in [0.5, 0.6) is 0 Å². The molecule has 0 fully saturated rings. The summed E-state index contributed by atoms with van der Waals surface area (Å²) in [7, 11) is 3.03. The summed E-state index contributed by atoms with van der Waals surface area (Å²) in [4.78, 5) is 20.1. The predicted octanol–water partition coefficient (Wildman–Crippen LogP) is 2.46. The summed E-state index contributed by atoms with van der Waals surface area (Å²) in [5, 5.41) is 6.27. The molecule has 2 aromatic rings. The molecule has 0 atom stereocenters. The van der Waals surface area contributed by atoms with Gasteiger partial charge in [0.15, 0.2) is 0 Å². The molecule has 0 aliphatic heterocycles. The van der Waals surface area contributed by atoms with Crippen LogP contribution in [-0.4, -0.2) is 43.3 Å². The highest BCUT2D eigenvalue weighted by Crippen LogP contribution is 2.17. The third-order valence-corrected chi connectivity index (χ3v) is 3.02. The summed E-state index contributed by atoms with van der Waals surface area (Å²) in [6.07, 6.45) is 2.54. The molecule has 0 radical (unpaired) electrons. The van der Waals surface area contributed by atoms with Gasteiger partial charge < -0.3 is 20.1 Å². The van der Waals surface area contributed by atoms with Gasteiger partial charge in [0.25, 0.3) is 0 Å². The Labute approximate surface area is 135 Å². The van der Waals surface area contributed by atoms with Crippen molar-refractivity contribution in [2.45, 2.75) is 6.42 Å². The Morgan fingerprint density at radius 2 is 2.13 bits per heavy atom. The lowest BCUT2D eigenvalue weighted by Gasteiger charge is -2.09. The zero-order valence-electron chi connectivity index (χ0n) is 13.2. The molecule has 0 saturated carbocycles. The fourth-order valence-corrected chi connectivity index (χ4v) is 1.92. The second-order valence-corrected chi connectivity index (χ2v) is 4.74. The van der Waals surface area contributed by atoms with Crippen LogP contribution in [0.2, 0.25) is 0 Å². The number of benzene rings is 1. The number of carbonyl (C=O) groups is 1. The molecule has 1 aromatic carbocycles. The van der Waals surface area contributed by atoms with Crippen molar-refractivity contribution < 1.29 is 14.3 Å². The molecular formula is C16H20N4O3. The largest absolute Gasteiger partial charge is 0.465 e. The molecule has 7 nitrogen and oxygen atoms in total. The smallest absolute Gasteiger partial charge is 0.337 e. The second kappa shape index (κ2) is 8.70. The van der Waals surface area contributed by atoms with Gasteiger partial charge in [-0.1, -0.05) is 6.07 Å². The predicted molar refractivity (Wildman–Crippen MR) is 88.1 cm³/mol. The maximum Gasteiger partial charge on any atom is 0.337 e. The average Bonchev–Trinajstić information content (AvgIpc) is 2.58. The number of ether oxygens (including phenoxy) is 2. The van der Waals surface area contributed by atoms with Gasteiger partial charge in [-0.15, -0.1) is 0 Å². The normalized spacial score (nSPS) is 10.2. The van der Waals surface area contributed by atoms with Crippen molar-refractivity contribution in [2.75, 3.05) is 38.0 Å². The van der Waals surface area contributed by atoms with E-state index in [1.165, 1.54) is 7.11 Å². The average molecular weight is 316 g/mol. The third-order valence-electron chi connectivity index (χ3n) is 3.02. The number of hydrogen-bond acceptors (Lipinski definition) is 7. The van der Waals surface area contributed by atoms with Crippen LogP contribution < -0.4 is 10.6 Å². The molecule has 2 rings (SSSR count). The number of rotatable bonds is 8. The van der Waals surface area contributed by atoms with Crippen LogP contribution in [-0.2, 0) is 9.47 Å². The Morgan fingerprint density at radius 1 is 1.26 bits per heavy atom. The highest BCUT2D eigenvalue weighted by molar-refractivity contribution is 5.90. The Bertz CT molecular complexity index is 649. The Morgan fingerprint density at radius 3 is 2.91 bits per heavy atom. The van der Waals surface area contributed by atoms with Crippen molar-refractivity contribution in [3.63, 3.8) is 0 Å². The molecule has 0 saturated heterocycles. The zero-order chi connectivity index (χ0) is 16.5. The molecule has 2 N–H and O–H groups in total. The minimum Gasteiger partial charge on any atom is -0.465 e. The van der Waals surface area contributed by atoms with Gasteiger partial charge in [0.2, 0.25) is 5.95 Å². The van der Waals surface area contributed by atoms with Crippen LogP contribution in [0.1, 0.15) is 16.8 Å². The highest BCUT2D eigenvalue weighted by Gasteiger charge is 2.06. The van der Waals surface area contributed by atoms with Gasteiger partial charge >= 0.3 is 5.97 Å². The van der Waals surface area contributed by atoms with Crippen LogP contribution in [0.4, 0.5) is 17.5 Å². The molecule has 0 spiro atoms. The summed E-state index contributed by atoms with van der Waals surface area (Å²) >= 11 is 0. The fraction of sp³-hybridized carbons (Fsp3) is 0.312. The van der Waals surface area contributed by atoms with Crippen molar-refractivity contribution in [1.29, 1.82) is 0 Å². The summed E-state index contributed by atoms with van der Waals surface area (Å²) in [6.45, 7) is 1.42. The first kappa shape index (κ1) is 16.7. The minimum absolute atomic E-state index is 0.378. The number of methoxy groups -OCH3 is 2. The van der Waals surface area contributed by atoms with Crippen molar-refractivity contribution in [2.24, 2.45) is 0 Å². The number of hydrogen-bond donors (Lipinski definition) is 2. The molecule has 122 valence electrons. The summed E-state index contributed by atoms with van der Waals surface area (Å²) in [6, 6.07) is 8.78. The highest BCUT2D eigenvalue weighted by atomic mass is 16.5. The van der Waals surface area contributed by atoms with Crippen molar-refractivity contribution in [3.05, 3.63) is 42.1 Å². The Kier molecular flexibility index (Phi) is 6.31. The van der Waals surface area contributed by atoms with Crippen molar-refractivity contribution in [3.8, 4) is 0 Å². The Balaban J connectivity index is 2.01.